The minimum atomic E-state index is -0.104. The fourth-order valence-corrected chi connectivity index (χ4v) is 10.0. The van der Waals surface area contributed by atoms with Crippen molar-refractivity contribution in [2.45, 2.75) is 75.0 Å². The van der Waals surface area contributed by atoms with E-state index in [2.05, 4.69) is 24.3 Å². The van der Waals surface area contributed by atoms with Crippen molar-refractivity contribution >= 4 is 34.8 Å². The Hall–Kier alpha value is -3.42. The van der Waals surface area contributed by atoms with Gasteiger partial charge in [-0.05, 0) is 72.2 Å². The van der Waals surface area contributed by atoms with Gasteiger partial charge in [-0.3, -0.25) is 0 Å². The van der Waals surface area contributed by atoms with Crippen molar-refractivity contribution in [3.8, 4) is 34.0 Å². The average Bonchev–Trinajstić information content (AvgIpc) is 3.63. The van der Waals surface area contributed by atoms with Crippen LogP contribution < -0.4 is 0 Å². The topological polar surface area (TPSA) is 95.2 Å². The van der Waals surface area contributed by atoms with Gasteiger partial charge in [0.05, 0.1) is 0 Å². The Morgan fingerprint density at radius 2 is 1.28 bits per heavy atom. The van der Waals surface area contributed by atoms with Crippen molar-refractivity contribution in [3.63, 3.8) is 0 Å². The number of fused-ring (bicyclic) bond motifs is 8. The first kappa shape index (κ1) is 23.0. The second kappa shape index (κ2) is 8.61. The van der Waals surface area contributed by atoms with Crippen molar-refractivity contribution in [3.05, 3.63) is 55.3 Å². The molecule has 0 aromatic carbocycles. The first-order valence-corrected chi connectivity index (χ1v) is 14.3. The standard InChI is InChI=1S/C30H24N4S2/c31-15-19(16-32)11-21-13-24-25(29(21)7-3-1-4-8-29)26-28(36-24)27-23(30(26)9-5-2-6-10-30)14-22(35-27)12-20(17-33)18-34/h11-14H,1-10H2. The van der Waals surface area contributed by atoms with Crippen LogP contribution in [0.2, 0.25) is 0 Å². The van der Waals surface area contributed by atoms with E-state index in [4.69, 9.17) is 0 Å². The Labute approximate surface area is 219 Å². The molecule has 0 bridgehead atoms. The number of thiophene rings is 2. The summed E-state index contributed by atoms with van der Waals surface area (Å²) in [7, 11) is 0. The van der Waals surface area contributed by atoms with Crippen LogP contribution in [0, 0.1) is 45.3 Å². The Balaban J connectivity index is 1.59. The lowest BCUT2D eigenvalue weighted by Gasteiger charge is -2.42. The van der Waals surface area contributed by atoms with Crippen LogP contribution in [-0.4, -0.2) is 0 Å². The molecule has 4 aliphatic carbocycles. The summed E-state index contributed by atoms with van der Waals surface area (Å²) in [5.74, 6) is 0. The third-order valence-electron chi connectivity index (χ3n) is 8.69. The predicted molar refractivity (Wildman–Crippen MR) is 143 cm³/mol. The van der Waals surface area contributed by atoms with Gasteiger partial charge in [-0.15, -0.1) is 22.7 Å². The third kappa shape index (κ3) is 3.12. The van der Waals surface area contributed by atoms with Crippen molar-refractivity contribution in [2.24, 2.45) is 0 Å². The summed E-state index contributed by atoms with van der Waals surface area (Å²) < 4.78 is 0. The van der Waals surface area contributed by atoms with E-state index in [1.54, 1.807) is 17.4 Å². The van der Waals surface area contributed by atoms with Gasteiger partial charge in [0.25, 0.3) is 0 Å². The minimum absolute atomic E-state index is 0.0141. The van der Waals surface area contributed by atoms with Crippen LogP contribution in [0.5, 0.6) is 0 Å². The second-order valence-corrected chi connectivity index (χ2v) is 12.5. The quantitative estimate of drug-likeness (QED) is 0.387. The summed E-state index contributed by atoms with van der Waals surface area (Å²) in [6.07, 6.45) is 17.5. The van der Waals surface area contributed by atoms with Crippen molar-refractivity contribution in [1.82, 2.24) is 0 Å². The van der Waals surface area contributed by atoms with Gasteiger partial charge in [0.2, 0.25) is 0 Å². The molecule has 2 aromatic rings. The van der Waals surface area contributed by atoms with Gasteiger partial charge in [-0.25, -0.2) is 0 Å². The van der Waals surface area contributed by atoms with Crippen LogP contribution in [0.3, 0.4) is 0 Å². The largest absolute Gasteiger partial charge is 0.192 e. The van der Waals surface area contributed by atoms with Crippen molar-refractivity contribution < 1.29 is 0 Å². The zero-order chi connectivity index (χ0) is 24.9. The van der Waals surface area contributed by atoms with Gasteiger partial charge >= 0.3 is 0 Å². The summed E-state index contributed by atoms with van der Waals surface area (Å²) in [6, 6.07) is 10.4. The zero-order valence-corrected chi connectivity index (χ0v) is 21.6. The lowest BCUT2D eigenvalue weighted by atomic mass is 9.61. The SMILES string of the molecule is N#CC(C#N)=CC1=Cc2sc3c(c2C12CCCCC2)C1(CCCCC1)c1cc(C=C(C#N)C#N)sc1-3. The molecule has 0 unspecified atom stereocenters. The van der Waals surface area contributed by atoms with Crippen molar-refractivity contribution in [1.29, 1.82) is 21.0 Å². The lowest BCUT2D eigenvalue weighted by Crippen LogP contribution is -2.35. The monoisotopic (exact) mass is 504 g/mol. The van der Waals surface area contributed by atoms with Crippen LogP contribution in [0.4, 0.5) is 0 Å². The molecule has 4 nitrogen and oxygen atoms in total. The fraction of sp³-hybridized carbons (Fsp3) is 0.400. The first-order valence-electron chi connectivity index (χ1n) is 12.7. The van der Waals surface area contributed by atoms with Crippen LogP contribution in [0.25, 0.3) is 21.9 Å². The molecule has 176 valence electrons. The number of hydrogen-bond donors (Lipinski definition) is 0. The van der Waals surface area contributed by atoms with Crippen LogP contribution >= 0.6 is 22.7 Å². The molecule has 2 spiro atoms. The Bertz CT molecular complexity index is 1500. The van der Waals surface area contributed by atoms with Crippen LogP contribution in [0.1, 0.15) is 90.7 Å². The molecule has 2 saturated carbocycles. The van der Waals surface area contributed by atoms with Crippen LogP contribution in [-0.2, 0) is 10.8 Å². The van der Waals surface area contributed by atoms with E-state index in [1.165, 1.54) is 69.8 Å². The number of nitrogens with zero attached hydrogens (tertiary/aromatic N) is 4. The number of rotatable bonds is 2. The smallest absolute Gasteiger partial charge is 0.131 e. The number of hydrogen-bond acceptors (Lipinski definition) is 6. The molecule has 0 N–H and O–H groups in total. The highest BCUT2D eigenvalue weighted by Crippen LogP contribution is 2.67. The van der Waals surface area contributed by atoms with E-state index < -0.39 is 0 Å². The molecule has 36 heavy (non-hydrogen) atoms. The molecule has 0 aliphatic heterocycles. The van der Waals surface area contributed by atoms with Gasteiger partial charge < -0.3 is 0 Å². The summed E-state index contributed by atoms with van der Waals surface area (Å²) in [5.41, 5.74) is 5.77. The maximum absolute atomic E-state index is 9.50. The highest BCUT2D eigenvalue weighted by atomic mass is 32.1. The van der Waals surface area contributed by atoms with E-state index in [1.807, 2.05) is 29.6 Å². The molecular weight excluding hydrogens is 480 g/mol. The van der Waals surface area contributed by atoms with E-state index in [9.17, 15) is 21.0 Å². The second-order valence-electron chi connectivity index (χ2n) is 10.4. The molecule has 2 heterocycles. The molecule has 6 heteroatoms. The van der Waals surface area contributed by atoms with E-state index in [0.717, 1.165) is 36.1 Å². The zero-order valence-electron chi connectivity index (χ0n) is 20.0. The van der Waals surface area contributed by atoms with Gasteiger partial charge in [-0.2, -0.15) is 21.0 Å². The Kier molecular flexibility index (Phi) is 5.50. The molecule has 0 atom stereocenters. The molecule has 2 aromatic heterocycles. The van der Waals surface area contributed by atoms with Crippen LogP contribution in [0.15, 0.2) is 28.9 Å². The first-order chi connectivity index (χ1) is 17.6. The Morgan fingerprint density at radius 1 is 0.694 bits per heavy atom. The highest BCUT2D eigenvalue weighted by molar-refractivity contribution is 7.23. The van der Waals surface area contributed by atoms with E-state index in [-0.39, 0.29) is 22.0 Å². The van der Waals surface area contributed by atoms with Gasteiger partial charge in [0.15, 0.2) is 0 Å². The summed E-state index contributed by atoms with van der Waals surface area (Å²) in [5, 5.41) is 37.6. The lowest BCUT2D eigenvalue weighted by molar-refractivity contribution is 0.324. The molecule has 0 saturated heterocycles. The molecular formula is C30H24N4S2. The van der Waals surface area contributed by atoms with Gasteiger partial charge in [-0.1, -0.05) is 38.5 Å². The Morgan fingerprint density at radius 3 is 1.89 bits per heavy atom. The summed E-state index contributed by atoms with van der Waals surface area (Å²) in [4.78, 5) is 4.99. The maximum atomic E-state index is 9.50. The van der Waals surface area contributed by atoms with Crippen molar-refractivity contribution in [2.75, 3.05) is 0 Å². The normalized spacial score (nSPS) is 19.6. The predicted octanol–water partition coefficient (Wildman–Crippen LogP) is 8.04. The molecule has 0 radical (unpaired) electrons. The molecule has 6 rings (SSSR count). The maximum Gasteiger partial charge on any atom is 0.131 e. The minimum Gasteiger partial charge on any atom is -0.192 e. The number of allylic oxidation sites excluding steroid dienone is 4. The molecule has 2 fully saturated rings. The van der Waals surface area contributed by atoms with Gasteiger partial charge in [0, 0.05) is 30.3 Å². The fourth-order valence-electron chi connectivity index (χ4n) is 7.23. The number of nitriles is 4. The van der Waals surface area contributed by atoms with Gasteiger partial charge in [0.1, 0.15) is 35.4 Å². The van der Waals surface area contributed by atoms with E-state index in [0.29, 0.717) is 0 Å². The average molecular weight is 505 g/mol. The molecule has 0 amide bonds. The molecule has 4 aliphatic rings. The third-order valence-corrected chi connectivity index (χ3v) is 11.1. The summed E-state index contributed by atoms with van der Waals surface area (Å²) >= 11 is 3.58. The summed E-state index contributed by atoms with van der Waals surface area (Å²) in [6.45, 7) is 0. The van der Waals surface area contributed by atoms with E-state index >= 15 is 0 Å². The highest BCUT2D eigenvalue weighted by Gasteiger charge is 2.54.